The second kappa shape index (κ2) is 8.50. The van der Waals surface area contributed by atoms with Crippen LogP contribution in [0, 0.1) is 18.3 Å². The molecule has 0 unspecified atom stereocenters. The molecule has 4 heterocycles. The van der Waals surface area contributed by atoms with Crippen LogP contribution in [0.15, 0.2) is 18.3 Å². The van der Waals surface area contributed by atoms with Crippen LogP contribution in [0.4, 0.5) is 0 Å². The number of ether oxygens (including phenoxy) is 1. The Bertz CT molecular complexity index is 825. The van der Waals surface area contributed by atoms with Gasteiger partial charge in [0, 0.05) is 19.7 Å². The van der Waals surface area contributed by atoms with Crippen molar-refractivity contribution in [2.75, 3.05) is 31.1 Å². The molecule has 0 atom stereocenters. The molecule has 30 heavy (non-hydrogen) atoms. The molecule has 5 rings (SSSR count). The average Bonchev–Trinajstić information content (AvgIpc) is 3.08. The molecule has 6 nitrogen and oxygen atoms in total. The van der Waals surface area contributed by atoms with Gasteiger partial charge in [-0.15, -0.1) is 10.2 Å². The second-order valence-electron chi connectivity index (χ2n) is 9.56. The smallest absolute Gasteiger partial charge is 0.233 e. The Kier molecular flexibility index (Phi) is 5.75. The molecular weight excluding hydrogens is 394 g/mol. The van der Waals surface area contributed by atoms with E-state index in [0.717, 1.165) is 22.9 Å². The summed E-state index contributed by atoms with van der Waals surface area (Å²) in [7, 11) is 1.93. The molecule has 0 N–H and O–H groups in total. The Hall–Kier alpha value is -1.60. The van der Waals surface area contributed by atoms with Gasteiger partial charge in [-0.2, -0.15) is 16.9 Å². The zero-order valence-electron chi connectivity index (χ0n) is 18.2. The van der Waals surface area contributed by atoms with Crippen LogP contribution < -0.4 is 4.74 Å². The molecule has 0 amide bonds. The van der Waals surface area contributed by atoms with Crippen molar-refractivity contribution in [3.63, 3.8) is 0 Å². The zero-order valence-corrected chi connectivity index (χ0v) is 19.0. The number of hydrogen-bond acceptors (Lipinski definition) is 6. The third-order valence-electron chi connectivity index (χ3n) is 7.39. The van der Waals surface area contributed by atoms with E-state index < -0.39 is 0 Å². The maximum Gasteiger partial charge on any atom is 0.233 e. The molecule has 1 saturated carbocycles. The van der Waals surface area contributed by atoms with Crippen molar-refractivity contribution in [1.29, 1.82) is 0 Å². The highest BCUT2D eigenvalue weighted by Crippen LogP contribution is 2.50. The van der Waals surface area contributed by atoms with E-state index in [0.29, 0.717) is 17.4 Å². The minimum absolute atomic E-state index is 0.297. The summed E-state index contributed by atoms with van der Waals surface area (Å²) in [6, 6.07) is 3.94. The van der Waals surface area contributed by atoms with Crippen LogP contribution >= 0.6 is 11.8 Å². The fraction of sp³-hybridized carbons (Fsp3) is 0.696. The van der Waals surface area contributed by atoms with Crippen molar-refractivity contribution in [3.8, 4) is 17.3 Å². The Labute approximate surface area is 183 Å². The number of rotatable bonds is 5. The molecule has 1 spiro atoms. The maximum absolute atomic E-state index is 6.15. The van der Waals surface area contributed by atoms with Gasteiger partial charge in [-0.3, -0.25) is 4.68 Å². The van der Waals surface area contributed by atoms with E-state index >= 15 is 0 Å². The average molecular weight is 428 g/mol. The van der Waals surface area contributed by atoms with Gasteiger partial charge in [0.15, 0.2) is 0 Å². The predicted octanol–water partition coefficient (Wildman–Crippen LogP) is 3.95. The fourth-order valence-corrected chi connectivity index (χ4v) is 6.70. The van der Waals surface area contributed by atoms with Crippen molar-refractivity contribution in [3.05, 3.63) is 23.9 Å². The van der Waals surface area contributed by atoms with Crippen molar-refractivity contribution in [2.45, 2.75) is 51.6 Å². The lowest BCUT2D eigenvalue weighted by Gasteiger charge is -2.52. The fourth-order valence-electron chi connectivity index (χ4n) is 5.50. The third-order valence-corrected chi connectivity index (χ3v) is 8.44. The zero-order chi connectivity index (χ0) is 20.6. The van der Waals surface area contributed by atoms with E-state index in [1.165, 1.54) is 69.7 Å². The first-order chi connectivity index (χ1) is 14.6. The van der Waals surface area contributed by atoms with E-state index in [1.54, 1.807) is 0 Å². The lowest BCUT2D eigenvalue weighted by Crippen LogP contribution is -2.51. The molecule has 7 heteroatoms. The van der Waals surface area contributed by atoms with Gasteiger partial charge in [0.25, 0.3) is 0 Å². The first kappa shape index (κ1) is 20.3. The molecule has 0 bridgehead atoms. The second-order valence-corrected chi connectivity index (χ2v) is 10.8. The molecule has 0 aromatic carbocycles. The van der Waals surface area contributed by atoms with Crippen LogP contribution in [0.3, 0.4) is 0 Å². The van der Waals surface area contributed by atoms with Crippen LogP contribution in [0.1, 0.15) is 44.1 Å². The number of thioether (sulfide) groups is 1. The molecule has 1 aliphatic carbocycles. The van der Waals surface area contributed by atoms with Gasteiger partial charge < -0.3 is 9.64 Å². The van der Waals surface area contributed by atoms with Crippen molar-refractivity contribution < 1.29 is 4.74 Å². The summed E-state index contributed by atoms with van der Waals surface area (Å²) in [4.78, 5) is 2.73. The van der Waals surface area contributed by atoms with Crippen LogP contribution in [0.25, 0.3) is 11.4 Å². The molecule has 162 valence electrons. The minimum Gasteiger partial charge on any atom is -0.473 e. The SMILES string of the molecule is Cc1cnn(C)c1-c1ccc(OC2CC3(CCN(CC4CCSCC4)CC3)C2)nn1. The summed E-state index contributed by atoms with van der Waals surface area (Å²) in [6.07, 6.45) is 10.00. The predicted molar refractivity (Wildman–Crippen MR) is 121 cm³/mol. The van der Waals surface area contributed by atoms with Gasteiger partial charge in [-0.1, -0.05) is 0 Å². The van der Waals surface area contributed by atoms with E-state index in [1.807, 2.05) is 37.0 Å². The first-order valence-corrected chi connectivity index (χ1v) is 12.6. The van der Waals surface area contributed by atoms with Gasteiger partial charge in [-0.25, -0.2) is 0 Å². The van der Waals surface area contributed by atoms with Gasteiger partial charge in [-0.05, 0) is 93.0 Å². The molecule has 2 aromatic heterocycles. The standard InChI is InChI=1S/C23H33N5OS/c1-17-15-24-27(2)22(17)20-3-4-21(26-25-20)29-19-13-23(14-19)7-9-28(10-8-23)16-18-5-11-30-12-6-18/h3-4,15,18-19H,5-14,16H2,1-2H3. The van der Waals surface area contributed by atoms with E-state index in [4.69, 9.17) is 4.74 Å². The van der Waals surface area contributed by atoms with Crippen molar-refractivity contribution in [2.24, 2.45) is 18.4 Å². The number of aryl methyl sites for hydroxylation is 2. The van der Waals surface area contributed by atoms with E-state index in [-0.39, 0.29) is 0 Å². The summed E-state index contributed by atoms with van der Waals surface area (Å²) < 4.78 is 7.99. The highest BCUT2D eigenvalue weighted by atomic mass is 32.2. The van der Waals surface area contributed by atoms with Crippen molar-refractivity contribution >= 4 is 11.8 Å². The number of likely N-dealkylation sites (tertiary alicyclic amines) is 1. The highest BCUT2D eigenvalue weighted by Gasteiger charge is 2.47. The molecule has 3 aliphatic rings. The molecular formula is C23H33N5OS. The summed E-state index contributed by atoms with van der Waals surface area (Å²) in [5.41, 5.74) is 3.47. The van der Waals surface area contributed by atoms with Gasteiger partial charge in [0.05, 0.1) is 11.9 Å². The molecule has 0 radical (unpaired) electrons. The summed E-state index contributed by atoms with van der Waals surface area (Å²) in [6.45, 7) is 5.92. The van der Waals surface area contributed by atoms with Gasteiger partial charge >= 0.3 is 0 Å². The number of piperidine rings is 1. The highest BCUT2D eigenvalue weighted by molar-refractivity contribution is 7.99. The number of nitrogens with zero attached hydrogens (tertiary/aromatic N) is 5. The lowest BCUT2D eigenvalue weighted by atomic mass is 9.61. The Morgan fingerprint density at radius 1 is 1.13 bits per heavy atom. The van der Waals surface area contributed by atoms with Crippen molar-refractivity contribution in [1.82, 2.24) is 24.9 Å². The summed E-state index contributed by atoms with van der Waals surface area (Å²) >= 11 is 2.13. The van der Waals surface area contributed by atoms with E-state index in [2.05, 4.69) is 32.0 Å². The van der Waals surface area contributed by atoms with Gasteiger partial charge in [0.1, 0.15) is 11.8 Å². The van der Waals surface area contributed by atoms with Crippen LogP contribution in [-0.4, -0.2) is 62.1 Å². The Morgan fingerprint density at radius 2 is 1.90 bits per heavy atom. The quantitative estimate of drug-likeness (QED) is 0.720. The van der Waals surface area contributed by atoms with Crippen LogP contribution in [0.5, 0.6) is 5.88 Å². The van der Waals surface area contributed by atoms with Crippen LogP contribution in [-0.2, 0) is 7.05 Å². The lowest BCUT2D eigenvalue weighted by molar-refractivity contribution is -0.0589. The monoisotopic (exact) mass is 427 g/mol. The van der Waals surface area contributed by atoms with Crippen LogP contribution in [0.2, 0.25) is 0 Å². The van der Waals surface area contributed by atoms with Gasteiger partial charge in [0.2, 0.25) is 5.88 Å². The largest absolute Gasteiger partial charge is 0.473 e. The maximum atomic E-state index is 6.15. The Balaban J connectivity index is 1.09. The minimum atomic E-state index is 0.297. The first-order valence-electron chi connectivity index (χ1n) is 11.4. The third kappa shape index (κ3) is 4.24. The molecule has 2 saturated heterocycles. The topological polar surface area (TPSA) is 56.1 Å². The normalized spacial score (nSPS) is 22.9. The Morgan fingerprint density at radius 3 is 2.53 bits per heavy atom. The molecule has 3 fully saturated rings. The summed E-state index contributed by atoms with van der Waals surface area (Å²) in [5.74, 6) is 4.32. The molecule has 2 aromatic rings. The molecule has 2 aliphatic heterocycles. The summed E-state index contributed by atoms with van der Waals surface area (Å²) in [5, 5.41) is 13.0. The van der Waals surface area contributed by atoms with E-state index in [9.17, 15) is 0 Å². The number of aromatic nitrogens is 4. The number of hydrogen-bond donors (Lipinski definition) is 0.